The van der Waals surface area contributed by atoms with Gasteiger partial charge in [-0.25, -0.2) is 0 Å². The third-order valence-electron chi connectivity index (χ3n) is 3.66. The fourth-order valence-corrected chi connectivity index (χ4v) is 2.55. The van der Waals surface area contributed by atoms with Gasteiger partial charge in [0, 0.05) is 26.1 Å². The first-order valence-electron chi connectivity index (χ1n) is 6.90. The van der Waals surface area contributed by atoms with Crippen molar-refractivity contribution >= 4 is 11.8 Å². The number of hydrogen-bond acceptors (Lipinski definition) is 3. The number of carbonyl (C=O) groups is 2. The maximum Gasteiger partial charge on any atom is 0.245 e. The Balaban J connectivity index is 1.96. The lowest BCUT2D eigenvalue weighted by Gasteiger charge is -2.30. The van der Waals surface area contributed by atoms with Crippen LogP contribution in [0.1, 0.15) is 39.0 Å². The summed E-state index contributed by atoms with van der Waals surface area (Å²) in [6.45, 7) is 3.86. The van der Waals surface area contributed by atoms with Crippen LogP contribution in [-0.2, 0) is 14.3 Å². The topological polar surface area (TPSA) is 58.6 Å². The van der Waals surface area contributed by atoms with Gasteiger partial charge in [0.2, 0.25) is 11.8 Å². The molecule has 2 aliphatic heterocycles. The highest BCUT2D eigenvalue weighted by molar-refractivity contribution is 5.89. The number of hydrogen-bond donors (Lipinski definition) is 1. The highest BCUT2D eigenvalue weighted by Crippen LogP contribution is 2.16. The number of rotatable bonds is 3. The zero-order valence-corrected chi connectivity index (χ0v) is 11.0. The highest BCUT2D eigenvalue weighted by atomic mass is 16.5. The van der Waals surface area contributed by atoms with Gasteiger partial charge in [0.1, 0.15) is 6.04 Å². The quantitative estimate of drug-likeness (QED) is 0.806. The molecule has 2 fully saturated rings. The van der Waals surface area contributed by atoms with Gasteiger partial charge in [-0.1, -0.05) is 6.92 Å². The maximum absolute atomic E-state index is 12.3. The van der Waals surface area contributed by atoms with E-state index in [1.54, 1.807) is 4.90 Å². The minimum absolute atomic E-state index is 0.0257. The van der Waals surface area contributed by atoms with E-state index in [0.717, 1.165) is 19.4 Å². The standard InChI is InChI=1S/C13H22N2O3/c1-2-11-13(17)15(7-6-12(16)14-11)9-10-5-3-4-8-18-10/h10-11H,2-9H2,1H3,(H,14,16). The van der Waals surface area contributed by atoms with Gasteiger partial charge in [-0.15, -0.1) is 0 Å². The highest BCUT2D eigenvalue weighted by Gasteiger charge is 2.30. The second-order valence-electron chi connectivity index (χ2n) is 5.05. The molecule has 0 aromatic heterocycles. The summed E-state index contributed by atoms with van der Waals surface area (Å²) in [6, 6.07) is -0.358. The number of nitrogens with zero attached hydrogens (tertiary/aromatic N) is 1. The van der Waals surface area contributed by atoms with Gasteiger partial charge in [-0.05, 0) is 25.7 Å². The van der Waals surface area contributed by atoms with E-state index in [1.807, 2.05) is 6.92 Å². The largest absolute Gasteiger partial charge is 0.376 e. The summed E-state index contributed by atoms with van der Waals surface area (Å²) in [5.74, 6) is 0.0137. The van der Waals surface area contributed by atoms with E-state index in [9.17, 15) is 9.59 Å². The molecule has 1 N–H and O–H groups in total. The minimum Gasteiger partial charge on any atom is -0.376 e. The Kier molecular flexibility index (Phi) is 4.58. The summed E-state index contributed by atoms with van der Waals surface area (Å²) < 4.78 is 5.67. The minimum atomic E-state index is -0.358. The van der Waals surface area contributed by atoms with Crippen LogP contribution in [-0.4, -0.2) is 48.6 Å². The van der Waals surface area contributed by atoms with Crippen molar-refractivity contribution in [2.24, 2.45) is 0 Å². The molecule has 0 aromatic carbocycles. The third kappa shape index (κ3) is 3.22. The molecule has 0 spiro atoms. The van der Waals surface area contributed by atoms with E-state index in [1.165, 1.54) is 6.42 Å². The second-order valence-corrected chi connectivity index (χ2v) is 5.05. The lowest BCUT2D eigenvalue weighted by Crippen LogP contribution is -2.47. The molecule has 0 bridgehead atoms. The van der Waals surface area contributed by atoms with Gasteiger partial charge in [-0.3, -0.25) is 9.59 Å². The van der Waals surface area contributed by atoms with E-state index < -0.39 is 0 Å². The Labute approximate surface area is 108 Å². The van der Waals surface area contributed by atoms with Crippen LogP contribution < -0.4 is 5.32 Å². The van der Waals surface area contributed by atoms with Gasteiger partial charge in [0.15, 0.2) is 0 Å². The molecule has 2 amide bonds. The second kappa shape index (κ2) is 6.18. The van der Waals surface area contributed by atoms with Crippen LogP contribution in [0.3, 0.4) is 0 Å². The summed E-state index contributed by atoms with van der Waals surface area (Å²) in [7, 11) is 0. The van der Waals surface area contributed by atoms with Crippen LogP contribution in [0.15, 0.2) is 0 Å². The smallest absolute Gasteiger partial charge is 0.245 e. The molecule has 102 valence electrons. The predicted molar refractivity (Wildman–Crippen MR) is 67.0 cm³/mol. The molecule has 2 saturated heterocycles. The molecular formula is C13H22N2O3. The molecule has 2 heterocycles. The van der Waals surface area contributed by atoms with E-state index in [0.29, 0.717) is 25.9 Å². The monoisotopic (exact) mass is 254 g/mol. The van der Waals surface area contributed by atoms with Crippen molar-refractivity contribution in [1.82, 2.24) is 10.2 Å². The third-order valence-corrected chi connectivity index (χ3v) is 3.66. The van der Waals surface area contributed by atoms with Crippen LogP contribution in [0.5, 0.6) is 0 Å². The Morgan fingerprint density at radius 3 is 2.89 bits per heavy atom. The number of amides is 2. The molecule has 0 aromatic rings. The predicted octanol–water partition coefficient (Wildman–Crippen LogP) is 0.683. The molecule has 0 aliphatic carbocycles. The molecule has 0 radical (unpaired) electrons. The van der Waals surface area contributed by atoms with E-state index in [2.05, 4.69) is 5.32 Å². The fraction of sp³-hybridized carbons (Fsp3) is 0.846. The lowest BCUT2D eigenvalue weighted by molar-refractivity contribution is -0.135. The van der Waals surface area contributed by atoms with Crippen LogP contribution in [0.4, 0.5) is 0 Å². The number of nitrogens with one attached hydrogen (secondary N) is 1. The van der Waals surface area contributed by atoms with Gasteiger partial charge >= 0.3 is 0 Å². The molecule has 5 nitrogen and oxygen atoms in total. The Morgan fingerprint density at radius 1 is 1.39 bits per heavy atom. The van der Waals surface area contributed by atoms with Crippen molar-refractivity contribution in [2.45, 2.75) is 51.2 Å². The van der Waals surface area contributed by atoms with Crippen molar-refractivity contribution in [3.8, 4) is 0 Å². The van der Waals surface area contributed by atoms with Crippen molar-refractivity contribution < 1.29 is 14.3 Å². The van der Waals surface area contributed by atoms with E-state index >= 15 is 0 Å². The van der Waals surface area contributed by atoms with E-state index in [-0.39, 0.29) is 24.0 Å². The molecule has 0 saturated carbocycles. The summed E-state index contributed by atoms with van der Waals surface area (Å²) in [4.78, 5) is 25.6. The number of ether oxygens (including phenoxy) is 1. The Hall–Kier alpha value is -1.10. The molecule has 2 unspecified atom stereocenters. The molecule has 2 aliphatic rings. The van der Waals surface area contributed by atoms with Gasteiger partial charge in [-0.2, -0.15) is 0 Å². The first-order chi connectivity index (χ1) is 8.70. The van der Waals surface area contributed by atoms with Gasteiger partial charge in [0.25, 0.3) is 0 Å². The average molecular weight is 254 g/mol. The molecule has 5 heteroatoms. The van der Waals surface area contributed by atoms with E-state index in [4.69, 9.17) is 4.74 Å². The zero-order chi connectivity index (χ0) is 13.0. The average Bonchev–Trinajstić information content (AvgIpc) is 2.53. The van der Waals surface area contributed by atoms with Crippen LogP contribution in [0, 0.1) is 0 Å². The number of carbonyl (C=O) groups excluding carboxylic acids is 2. The van der Waals surface area contributed by atoms with Crippen molar-refractivity contribution in [3.63, 3.8) is 0 Å². The first-order valence-corrected chi connectivity index (χ1v) is 6.90. The molecule has 2 rings (SSSR count). The van der Waals surface area contributed by atoms with Crippen LogP contribution in [0.25, 0.3) is 0 Å². The molecule has 18 heavy (non-hydrogen) atoms. The zero-order valence-electron chi connectivity index (χ0n) is 11.0. The van der Waals surface area contributed by atoms with Crippen molar-refractivity contribution in [2.75, 3.05) is 19.7 Å². The summed E-state index contributed by atoms with van der Waals surface area (Å²) in [6.07, 6.45) is 4.49. The molecular weight excluding hydrogens is 232 g/mol. The summed E-state index contributed by atoms with van der Waals surface area (Å²) >= 11 is 0. The SMILES string of the molecule is CCC1NC(=O)CCN(CC2CCCCO2)C1=O. The lowest BCUT2D eigenvalue weighted by atomic mass is 10.1. The normalized spacial score (nSPS) is 29.9. The van der Waals surface area contributed by atoms with Gasteiger partial charge in [0.05, 0.1) is 6.10 Å². The summed E-state index contributed by atoms with van der Waals surface area (Å²) in [5, 5.41) is 2.77. The Bertz CT molecular complexity index is 313. The van der Waals surface area contributed by atoms with Crippen molar-refractivity contribution in [1.29, 1.82) is 0 Å². The molecule has 2 atom stereocenters. The van der Waals surface area contributed by atoms with Crippen LogP contribution in [0.2, 0.25) is 0 Å². The first kappa shape index (κ1) is 13.3. The van der Waals surface area contributed by atoms with Crippen molar-refractivity contribution in [3.05, 3.63) is 0 Å². The maximum atomic E-state index is 12.3. The fourth-order valence-electron chi connectivity index (χ4n) is 2.55. The van der Waals surface area contributed by atoms with Crippen LogP contribution >= 0.6 is 0 Å². The van der Waals surface area contributed by atoms with Gasteiger partial charge < -0.3 is 15.0 Å². The summed E-state index contributed by atoms with van der Waals surface area (Å²) in [5.41, 5.74) is 0. The Morgan fingerprint density at radius 2 is 2.22 bits per heavy atom.